The van der Waals surface area contributed by atoms with Crippen molar-refractivity contribution in [3.63, 3.8) is 0 Å². The van der Waals surface area contributed by atoms with Gasteiger partial charge in [0.05, 0.1) is 16.5 Å². The van der Waals surface area contributed by atoms with Gasteiger partial charge < -0.3 is 16.0 Å². The Morgan fingerprint density at radius 2 is 2.00 bits per heavy atom. The molecule has 0 saturated carbocycles. The van der Waals surface area contributed by atoms with Crippen LogP contribution in [0.25, 0.3) is 0 Å². The Kier molecular flexibility index (Phi) is 10.1. The van der Waals surface area contributed by atoms with Crippen LogP contribution >= 0.6 is 24.0 Å². The zero-order valence-electron chi connectivity index (χ0n) is 14.9. The number of nitro groups is 1. The summed E-state index contributed by atoms with van der Waals surface area (Å²) in [7, 11) is 1.61. The van der Waals surface area contributed by atoms with Crippen molar-refractivity contribution in [2.24, 2.45) is 11.7 Å². The second-order valence-electron chi connectivity index (χ2n) is 6.09. The van der Waals surface area contributed by atoms with E-state index in [4.69, 9.17) is 17.3 Å². The molecule has 0 aliphatic carbocycles. The molecule has 0 aliphatic heterocycles. The number of nitrogens with zero attached hydrogens (tertiary/aromatic N) is 2. The van der Waals surface area contributed by atoms with E-state index in [0.29, 0.717) is 18.9 Å². The van der Waals surface area contributed by atoms with Crippen molar-refractivity contribution in [3.8, 4) is 0 Å². The molecule has 2 amide bonds. The third-order valence-electron chi connectivity index (χ3n) is 3.90. The van der Waals surface area contributed by atoms with Crippen LogP contribution in [0.15, 0.2) is 18.2 Å². The lowest BCUT2D eigenvalue weighted by Gasteiger charge is -2.21. The van der Waals surface area contributed by atoms with E-state index in [9.17, 15) is 19.7 Å². The van der Waals surface area contributed by atoms with Gasteiger partial charge in [-0.15, -0.1) is 12.4 Å². The fraction of sp³-hybridized carbons (Fsp3) is 0.500. The van der Waals surface area contributed by atoms with Crippen LogP contribution < -0.4 is 11.1 Å². The first-order valence-corrected chi connectivity index (χ1v) is 8.23. The zero-order valence-corrected chi connectivity index (χ0v) is 16.5. The second-order valence-corrected chi connectivity index (χ2v) is 6.49. The molecular weight excluding hydrogens is 383 g/mol. The third-order valence-corrected chi connectivity index (χ3v) is 4.21. The SMILES string of the molecule is CC(C)C(N)CCN(C)C(=O)CNC(=O)c1c(Cl)cccc1[N+](=O)[O-].Cl. The van der Waals surface area contributed by atoms with Gasteiger partial charge in [0.1, 0.15) is 5.56 Å². The molecule has 0 radical (unpaired) electrons. The number of nitro benzene ring substituents is 1. The molecule has 0 spiro atoms. The molecule has 1 aromatic carbocycles. The second kappa shape index (κ2) is 10.9. The molecule has 10 heteroatoms. The molecule has 146 valence electrons. The van der Waals surface area contributed by atoms with Crippen LogP contribution in [0.5, 0.6) is 0 Å². The molecule has 0 fully saturated rings. The minimum Gasteiger partial charge on any atom is -0.344 e. The van der Waals surface area contributed by atoms with E-state index in [-0.39, 0.29) is 41.5 Å². The highest BCUT2D eigenvalue weighted by Crippen LogP contribution is 2.25. The lowest BCUT2D eigenvalue weighted by molar-refractivity contribution is -0.385. The molecule has 0 bridgehead atoms. The summed E-state index contributed by atoms with van der Waals surface area (Å²) >= 11 is 5.89. The summed E-state index contributed by atoms with van der Waals surface area (Å²) in [5.74, 6) is -0.777. The smallest absolute Gasteiger partial charge is 0.283 e. The fourth-order valence-electron chi connectivity index (χ4n) is 2.07. The van der Waals surface area contributed by atoms with Gasteiger partial charge in [-0.1, -0.05) is 31.5 Å². The highest BCUT2D eigenvalue weighted by molar-refractivity contribution is 6.34. The monoisotopic (exact) mass is 406 g/mol. The van der Waals surface area contributed by atoms with Crippen LogP contribution in [0.4, 0.5) is 5.69 Å². The zero-order chi connectivity index (χ0) is 19.1. The van der Waals surface area contributed by atoms with Crippen molar-refractivity contribution >= 4 is 41.5 Å². The quantitative estimate of drug-likeness (QED) is 0.506. The standard InChI is InChI=1S/C16H23ClN4O4.ClH/c1-10(2)12(18)7-8-20(3)14(22)9-19-16(23)15-11(17)5-4-6-13(15)21(24)25;/h4-6,10,12H,7-9,18H2,1-3H3,(H,19,23);1H. The van der Waals surface area contributed by atoms with Crippen LogP contribution in [-0.2, 0) is 4.79 Å². The van der Waals surface area contributed by atoms with Gasteiger partial charge >= 0.3 is 0 Å². The minimum atomic E-state index is -0.766. The lowest BCUT2D eigenvalue weighted by Crippen LogP contribution is -2.40. The number of nitrogens with one attached hydrogen (secondary N) is 1. The average molecular weight is 407 g/mol. The minimum absolute atomic E-state index is 0. The highest BCUT2D eigenvalue weighted by Gasteiger charge is 2.24. The Balaban J connectivity index is 0.00000625. The van der Waals surface area contributed by atoms with Crippen molar-refractivity contribution in [2.75, 3.05) is 20.1 Å². The first kappa shape index (κ1) is 24.1. The number of carbonyl (C=O) groups excluding carboxylic acids is 2. The molecule has 26 heavy (non-hydrogen) atoms. The van der Waals surface area contributed by atoms with Gasteiger partial charge in [0, 0.05) is 25.7 Å². The maximum absolute atomic E-state index is 12.2. The number of halogens is 2. The van der Waals surface area contributed by atoms with Gasteiger partial charge in [-0.05, 0) is 18.4 Å². The maximum atomic E-state index is 12.2. The summed E-state index contributed by atoms with van der Waals surface area (Å²) in [5, 5.41) is 13.3. The number of nitrogens with two attached hydrogens (primary N) is 1. The number of hydrogen-bond acceptors (Lipinski definition) is 5. The van der Waals surface area contributed by atoms with Gasteiger partial charge in [0.15, 0.2) is 0 Å². The van der Waals surface area contributed by atoms with E-state index < -0.39 is 16.5 Å². The maximum Gasteiger partial charge on any atom is 0.283 e. The Hall–Kier alpha value is -1.90. The Morgan fingerprint density at radius 3 is 2.54 bits per heavy atom. The van der Waals surface area contributed by atoms with Gasteiger partial charge in [-0.3, -0.25) is 19.7 Å². The van der Waals surface area contributed by atoms with E-state index in [1.165, 1.54) is 23.1 Å². The first-order chi connectivity index (χ1) is 11.6. The number of carbonyl (C=O) groups is 2. The first-order valence-electron chi connectivity index (χ1n) is 7.85. The molecule has 0 aromatic heterocycles. The van der Waals surface area contributed by atoms with E-state index >= 15 is 0 Å². The molecule has 1 atom stereocenters. The highest BCUT2D eigenvalue weighted by atomic mass is 35.5. The predicted octanol–water partition coefficient (Wildman–Crippen LogP) is 2.23. The summed E-state index contributed by atoms with van der Waals surface area (Å²) in [6, 6.07) is 3.93. The fourth-order valence-corrected chi connectivity index (χ4v) is 2.33. The lowest BCUT2D eigenvalue weighted by atomic mass is 10.0. The van der Waals surface area contributed by atoms with Crippen molar-refractivity contribution in [1.82, 2.24) is 10.2 Å². The number of likely N-dealkylation sites (N-methyl/N-ethyl adjacent to an activating group) is 1. The molecular formula is C16H24Cl2N4O4. The molecule has 1 aromatic rings. The Morgan fingerprint density at radius 1 is 1.38 bits per heavy atom. The molecule has 0 aliphatic rings. The van der Waals surface area contributed by atoms with Crippen molar-refractivity contribution in [1.29, 1.82) is 0 Å². The molecule has 1 unspecified atom stereocenters. The molecule has 1 rings (SSSR count). The van der Waals surface area contributed by atoms with Gasteiger partial charge in [-0.2, -0.15) is 0 Å². The molecule has 0 saturated heterocycles. The van der Waals surface area contributed by atoms with E-state index in [1.807, 2.05) is 13.8 Å². The molecule has 0 heterocycles. The van der Waals surface area contributed by atoms with E-state index in [0.717, 1.165) is 0 Å². The summed E-state index contributed by atoms with van der Waals surface area (Å²) in [4.78, 5) is 36.0. The third kappa shape index (κ3) is 6.78. The predicted molar refractivity (Wildman–Crippen MR) is 103 cm³/mol. The van der Waals surface area contributed by atoms with E-state index in [2.05, 4.69) is 5.32 Å². The van der Waals surface area contributed by atoms with Crippen LogP contribution in [-0.4, -0.2) is 47.8 Å². The van der Waals surface area contributed by atoms with Crippen molar-refractivity contribution in [3.05, 3.63) is 38.9 Å². The van der Waals surface area contributed by atoms with Crippen LogP contribution in [0.3, 0.4) is 0 Å². The van der Waals surface area contributed by atoms with E-state index in [1.54, 1.807) is 7.05 Å². The number of benzene rings is 1. The average Bonchev–Trinajstić information content (AvgIpc) is 2.56. The summed E-state index contributed by atoms with van der Waals surface area (Å²) < 4.78 is 0. The number of rotatable bonds is 8. The topological polar surface area (TPSA) is 119 Å². The van der Waals surface area contributed by atoms with Gasteiger partial charge in [0.2, 0.25) is 5.91 Å². The summed E-state index contributed by atoms with van der Waals surface area (Å²) in [5.41, 5.74) is 5.27. The van der Waals surface area contributed by atoms with Crippen LogP contribution in [0.2, 0.25) is 5.02 Å². The summed E-state index contributed by atoms with van der Waals surface area (Å²) in [6.07, 6.45) is 0.643. The van der Waals surface area contributed by atoms with Crippen LogP contribution in [0.1, 0.15) is 30.6 Å². The Bertz CT molecular complexity index is 655. The number of hydrogen-bond donors (Lipinski definition) is 2. The molecule has 8 nitrogen and oxygen atoms in total. The van der Waals surface area contributed by atoms with Crippen molar-refractivity contribution in [2.45, 2.75) is 26.3 Å². The molecule has 3 N–H and O–H groups in total. The number of amides is 2. The van der Waals surface area contributed by atoms with Crippen molar-refractivity contribution < 1.29 is 14.5 Å². The van der Waals surface area contributed by atoms with Gasteiger partial charge in [0.25, 0.3) is 11.6 Å². The normalized spacial score (nSPS) is 11.5. The van der Waals surface area contributed by atoms with Gasteiger partial charge in [-0.25, -0.2) is 0 Å². The summed E-state index contributed by atoms with van der Waals surface area (Å²) in [6.45, 7) is 4.18. The van der Waals surface area contributed by atoms with Crippen LogP contribution in [0, 0.1) is 16.0 Å². The Labute approximate surface area is 163 Å². The largest absolute Gasteiger partial charge is 0.344 e.